The molecule has 0 aromatic heterocycles. The number of benzene rings is 1. The van der Waals surface area contributed by atoms with Crippen LogP contribution in [-0.2, 0) is 6.42 Å². The molecule has 118 valence electrons. The van der Waals surface area contributed by atoms with Crippen LogP contribution in [0.5, 0.6) is 0 Å². The summed E-state index contributed by atoms with van der Waals surface area (Å²) in [4.78, 5) is 0. The second-order valence-electron chi connectivity index (χ2n) is 8.15. The van der Waals surface area contributed by atoms with E-state index in [0.29, 0.717) is 11.5 Å². The van der Waals surface area contributed by atoms with Crippen LogP contribution in [0.3, 0.4) is 0 Å². The van der Waals surface area contributed by atoms with Crippen molar-refractivity contribution in [1.82, 2.24) is 5.32 Å². The fraction of sp³-hybridized carbons (Fsp3) is 0.700. The molecule has 1 heteroatoms. The van der Waals surface area contributed by atoms with Gasteiger partial charge in [0.15, 0.2) is 0 Å². The Morgan fingerprint density at radius 3 is 2.38 bits per heavy atom. The third-order valence-corrected chi connectivity index (χ3v) is 5.65. The molecular formula is C20H33N. The van der Waals surface area contributed by atoms with Gasteiger partial charge >= 0.3 is 0 Å². The molecule has 1 saturated carbocycles. The zero-order valence-corrected chi connectivity index (χ0v) is 14.8. The fourth-order valence-corrected chi connectivity index (χ4v) is 3.89. The molecule has 2 rings (SSSR count). The Morgan fingerprint density at radius 2 is 1.81 bits per heavy atom. The fourth-order valence-electron chi connectivity index (χ4n) is 3.89. The van der Waals surface area contributed by atoms with Crippen molar-refractivity contribution in [3.8, 4) is 0 Å². The van der Waals surface area contributed by atoms with Gasteiger partial charge in [0.2, 0.25) is 0 Å². The summed E-state index contributed by atoms with van der Waals surface area (Å²) in [5, 5.41) is 3.57. The lowest BCUT2D eigenvalue weighted by molar-refractivity contribution is 0.117. The summed E-state index contributed by atoms with van der Waals surface area (Å²) < 4.78 is 0. The van der Waals surface area contributed by atoms with Gasteiger partial charge in [0.1, 0.15) is 0 Å². The highest BCUT2D eigenvalue weighted by atomic mass is 14.9. The lowest BCUT2D eigenvalue weighted by Crippen LogP contribution is -2.42. The van der Waals surface area contributed by atoms with Crippen molar-refractivity contribution in [2.45, 2.75) is 66.3 Å². The molecular weight excluding hydrogens is 254 g/mol. The van der Waals surface area contributed by atoms with Crippen LogP contribution in [-0.4, -0.2) is 13.1 Å². The van der Waals surface area contributed by atoms with Gasteiger partial charge in [-0.15, -0.1) is 0 Å². The van der Waals surface area contributed by atoms with Crippen LogP contribution in [0.4, 0.5) is 0 Å². The molecule has 1 aromatic rings. The van der Waals surface area contributed by atoms with E-state index in [0.717, 1.165) is 11.8 Å². The summed E-state index contributed by atoms with van der Waals surface area (Å²) in [6.45, 7) is 11.7. The Kier molecular flexibility index (Phi) is 5.14. The molecule has 1 N–H and O–H groups in total. The van der Waals surface area contributed by atoms with Crippen molar-refractivity contribution in [3.05, 3.63) is 34.9 Å². The minimum atomic E-state index is 0.445. The Hall–Kier alpha value is -0.820. The van der Waals surface area contributed by atoms with Crippen molar-refractivity contribution in [3.63, 3.8) is 0 Å². The second kappa shape index (κ2) is 6.52. The van der Waals surface area contributed by atoms with Gasteiger partial charge in [-0.3, -0.25) is 0 Å². The highest BCUT2D eigenvalue weighted by molar-refractivity contribution is 5.30. The van der Waals surface area contributed by atoms with Crippen LogP contribution in [0.25, 0.3) is 0 Å². The Bertz CT molecular complexity index is 469. The number of nitrogens with one attached hydrogen (secondary N) is 1. The smallest absolute Gasteiger partial charge is 0.00957 e. The molecule has 0 amide bonds. The van der Waals surface area contributed by atoms with E-state index in [1.807, 2.05) is 0 Å². The van der Waals surface area contributed by atoms with Gasteiger partial charge in [-0.2, -0.15) is 0 Å². The SMILES string of the molecule is CNC1CCC(C(C)(C)C)CC1Cc1ccc(C)c(C)c1. The molecule has 0 spiro atoms. The zero-order chi connectivity index (χ0) is 15.6. The summed E-state index contributed by atoms with van der Waals surface area (Å²) in [6, 6.07) is 7.69. The zero-order valence-electron chi connectivity index (χ0n) is 14.8. The number of hydrogen-bond donors (Lipinski definition) is 1. The quantitative estimate of drug-likeness (QED) is 0.834. The number of rotatable bonds is 3. The molecule has 0 radical (unpaired) electrons. The van der Waals surface area contributed by atoms with Crippen molar-refractivity contribution >= 4 is 0 Å². The molecule has 3 unspecified atom stereocenters. The van der Waals surface area contributed by atoms with E-state index in [1.54, 1.807) is 0 Å². The molecule has 1 aromatic carbocycles. The van der Waals surface area contributed by atoms with E-state index in [4.69, 9.17) is 0 Å². The number of hydrogen-bond acceptors (Lipinski definition) is 1. The molecule has 1 aliphatic carbocycles. The predicted octanol–water partition coefficient (Wildman–Crippen LogP) is 4.90. The third kappa shape index (κ3) is 4.10. The molecule has 1 aliphatic rings. The summed E-state index contributed by atoms with van der Waals surface area (Å²) in [5.41, 5.74) is 4.79. The summed E-state index contributed by atoms with van der Waals surface area (Å²) in [6.07, 6.45) is 5.29. The second-order valence-corrected chi connectivity index (χ2v) is 8.15. The molecule has 0 aliphatic heterocycles. The van der Waals surface area contributed by atoms with Gasteiger partial charge in [-0.05, 0) is 80.5 Å². The molecule has 0 bridgehead atoms. The van der Waals surface area contributed by atoms with Gasteiger partial charge in [0, 0.05) is 6.04 Å². The lowest BCUT2D eigenvalue weighted by atomic mass is 9.66. The minimum absolute atomic E-state index is 0.445. The molecule has 3 atom stereocenters. The average molecular weight is 287 g/mol. The molecule has 1 nitrogen and oxygen atoms in total. The maximum absolute atomic E-state index is 3.57. The van der Waals surface area contributed by atoms with Crippen LogP contribution >= 0.6 is 0 Å². The monoisotopic (exact) mass is 287 g/mol. The molecule has 21 heavy (non-hydrogen) atoms. The van der Waals surface area contributed by atoms with Crippen LogP contribution in [0.15, 0.2) is 18.2 Å². The predicted molar refractivity (Wildman–Crippen MR) is 92.8 cm³/mol. The van der Waals surface area contributed by atoms with E-state index in [1.165, 1.54) is 42.4 Å². The lowest BCUT2D eigenvalue weighted by Gasteiger charge is -2.42. The van der Waals surface area contributed by atoms with Crippen LogP contribution in [0, 0.1) is 31.1 Å². The van der Waals surface area contributed by atoms with Crippen LogP contribution < -0.4 is 5.32 Å². The highest BCUT2D eigenvalue weighted by Gasteiger charge is 2.35. The highest BCUT2D eigenvalue weighted by Crippen LogP contribution is 2.41. The standard InChI is InChI=1S/C20H33N/c1-14-7-8-16(11-15(14)2)12-17-13-18(20(3,4)5)9-10-19(17)21-6/h7-8,11,17-19,21H,9-10,12-13H2,1-6H3. The maximum atomic E-state index is 3.57. The average Bonchev–Trinajstić information content (AvgIpc) is 2.42. The van der Waals surface area contributed by atoms with Gasteiger partial charge in [-0.1, -0.05) is 39.0 Å². The van der Waals surface area contributed by atoms with Crippen molar-refractivity contribution in [2.24, 2.45) is 17.3 Å². The normalized spacial score (nSPS) is 26.9. The van der Waals surface area contributed by atoms with E-state index >= 15 is 0 Å². The molecule has 0 saturated heterocycles. The minimum Gasteiger partial charge on any atom is -0.317 e. The van der Waals surface area contributed by atoms with E-state index < -0.39 is 0 Å². The van der Waals surface area contributed by atoms with Crippen molar-refractivity contribution in [1.29, 1.82) is 0 Å². The summed E-state index contributed by atoms with van der Waals surface area (Å²) >= 11 is 0. The Labute approximate surface area is 131 Å². The first-order valence-corrected chi connectivity index (χ1v) is 8.54. The first-order valence-electron chi connectivity index (χ1n) is 8.54. The van der Waals surface area contributed by atoms with Crippen LogP contribution in [0.1, 0.15) is 56.7 Å². The maximum Gasteiger partial charge on any atom is 0.00957 e. The Morgan fingerprint density at radius 1 is 1.10 bits per heavy atom. The van der Waals surface area contributed by atoms with Gasteiger partial charge in [0.05, 0.1) is 0 Å². The van der Waals surface area contributed by atoms with Gasteiger partial charge in [0.25, 0.3) is 0 Å². The van der Waals surface area contributed by atoms with Crippen molar-refractivity contribution in [2.75, 3.05) is 7.05 Å². The van der Waals surface area contributed by atoms with Gasteiger partial charge < -0.3 is 5.32 Å². The summed E-state index contributed by atoms with van der Waals surface area (Å²) in [5.74, 6) is 1.63. The molecule has 0 heterocycles. The topological polar surface area (TPSA) is 12.0 Å². The first-order chi connectivity index (χ1) is 9.81. The third-order valence-electron chi connectivity index (χ3n) is 5.65. The van der Waals surface area contributed by atoms with E-state index in [-0.39, 0.29) is 0 Å². The van der Waals surface area contributed by atoms with Crippen LogP contribution in [0.2, 0.25) is 0 Å². The van der Waals surface area contributed by atoms with Gasteiger partial charge in [-0.25, -0.2) is 0 Å². The number of aryl methyl sites for hydroxylation is 2. The Balaban J connectivity index is 2.12. The largest absolute Gasteiger partial charge is 0.317 e. The van der Waals surface area contributed by atoms with E-state index in [2.05, 4.69) is 65.2 Å². The van der Waals surface area contributed by atoms with Crippen molar-refractivity contribution < 1.29 is 0 Å². The van der Waals surface area contributed by atoms with E-state index in [9.17, 15) is 0 Å². The first kappa shape index (κ1) is 16.5. The molecule has 1 fully saturated rings. The summed E-state index contributed by atoms with van der Waals surface area (Å²) in [7, 11) is 2.13.